The number of hydrogen-bond donors (Lipinski definition) is 0. The Morgan fingerprint density at radius 2 is 2.15 bits per heavy atom. The molecule has 26 heavy (non-hydrogen) atoms. The highest BCUT2D eigenvalue weighted by Gasteiger charge is 2.42. The Kier molecular flexibility index (Phi) is 6.13. The third kappa shape index (κ3) is 5.62. The van der Waals surface area contributed by atoms with Gasteiger partial charge in [-0.2, -0.15) is 8.42 Å². The van der Waals surface area contributed by atoms with Crippen LogP contribution in [0.1, 0.15) is 12.0 Å². The number of benzene rings is 1. The van der Waals surface area contributed by atoms with Crippen molar-refractivity contribution in [2.24, 2.45) is 0 Å². The van der Waals surface area contributed by atoms with Crippen LogP contribution in [0.2, 0.25) is 0 Å². The molecule has 3 rings (SSSR count). The lowest BCUT2D eigenvalue weighted by Gasteiger charge is -2.28. The van der Waals surface area contributed by atoms with Gasteiger partial charge in [-0.25, -0.2) is 4.98 Å². The highest BCUT2D eigenvalue weighted by molar-refractivity contribution is 9.10. The summed E-state index contributed by atoms with van der Waals surface area (Å²) in [6.07, 6.45) is 7.22. The molecule has 0 amide bonds. The molecule has 0 saturated carbocycles. The third-order valence-corrected chi connectivity index (χ3v) is 5.17. The second-order valence-corrected chi connectivity index (χ2v) is 8.87. The predicted octanol–water partition coefficient (Wildman–Crippen LogP) is 2.37. The molecule has 2 unspecified atom stereocenters. The van der Waals surface area contributed by atoms with Crippen molar-refractivity contribution in [3.63, 3.8) is 0 Å². The summed E-state index contributed by atoms with van der Waals surface area (Å²) < 4.78 is 42.3. The summed E-state index contributed by atoms with van der Waals surface area (Å²) in [5, 5.41) is 0. The highest BCUT2D eigenvalue weighted by Crippen LogP contribution is 2.31. The molecule has 0 aliphatic carbocycles. The number of halogens is 1. The average Bonchev–Trinajstić information content (AvgIpc) is 3.23. The molecule has 2 atom stereocenters. The largest absolute Gasteiger partial charge is 0.345 e. The molecule has 1 aliphatic heterocycles. The molecule has 142 valence electrons. The molecule has 1 aromatic heterocycles. The lowest BCUT2D eigenvalue weighted by Crippen LogP contribution is -2.37. The van der Waals surface area contributed by atoms with Crippen molar-refractivity contribution < 1.29 is 22.1 Å². The van der Waals surface area contributed by atoms with Gasteiger partial charge in [0.1, 0.15) is 6.10 Å². The first-order valence-corrected chi connectivity index (χ1v) is 10.8. The Labute approximate surface area is 161 Å². The lowest BCUT2D eigenvalue weighted by molar-refractivity contribution is -0.184. The zero-order valence-electron chi connectivity index (χ0n) is 14.4. The summed E-state index contributed by atoms with van der Waals surface area (Å²) in [6, 6.07) is 8.09. The Balaban J connectivity index is 1.67. The molecule has 0 bridgehead atoms. The maximum Gasteiger partial charge on any atom is 0.264 e. The van der Waals surface area contributed by atoms with Gasteiger partial charge in [0, 0.05) is 23.3 Å². The van der Waals surface area contributed by atoms with Crippen LogP contribution in [-0.2, 0) is 36.7 Å². The number of rotatable bonds is 8. The minimum atomic E-state index is -3.51. The number of aromatic nitrogens is 2. The SMILES string of the molecule is CS(=O)(=O)OCC1COC(CCc2ccc(Br)cc2)(Cn2ccnc2)O1. The van der Waals surface area contributed by atoms with Crippen LogP contribution in [0.5, 0.6) is 0 Å². The van der Waals surface area contributed by atoms with Crippen LogP contribution in [0, 0.1) is 0 Å². The standard InChI is InChI=1S/C17H21BrN2O5S/c1-26(21,22)24-11-16-10-23-17(25-16,12-20-9-8-19-13-20)7-6-14-2-4-15(18)5-3-14/h2-5,8-9,13,16H,6-7,10-12H2,1H3. The van der Waals surface area contributed by atoms with E-state index in [1.165, 1.54) is 5.56 Å². The summed E-state index contributed by atoms with van der Waals surface area (Å²) >= 11 is 3.43. The molecule has 0 N–H and O–H groups in total. The molecular weight excluding hydrogens is 424 g/mol. The number of hydrogen-bond acceptors (Lipinski definition) is 6. The van der Waals surface area contributed by atoms with E-state index in [1.807, 2.05) is 35.0 Å². The third-order valence-electron chi connectivity index (χ3n) is 4.07. The quantitative estimate of drug-likeness (QED) is 0.581. The fourth-order valence-electron chi connectivity index (χ4n) is 2.84. The van der Waals surface area contributed by atoms with Crippen LogP contribution in [0.25, 0.3) is 0 Å². The van der Waals surface area contributed by atoms with Crippen LogP contribution in [-0.4, -0.2) is 49.3 Å². The Bertz CT molecular complexity index is 810. The van der Waals surface area contributed by atoms with E-state index in [0.717, 1.165) is 17.1 Å². The summed E-state index contributed by atoms with van der Waals surface area (Å²) in [6.45, 7) is 0.701. The van der Waals surface area contributed by atoms with Crippen molar-refractivity contribution in [3.05, 3.63) is 53.0 Å². The number of aryl methyl sites for hydroxylation is 1. The predicted molar refractivity (Wildman–Crippen MR) is 99.0 cm³/mol. The zero-order chi connectivity index (χ0) is 18.6. The van der Waals surface area contributed by atoms with Crippen LogP contribution in [0.15, 0.2) is 47.5 Å². The van der Waals surface area contributed by atoms with Crippen molar-refractivity contribution >= 4 is 26.0 Å². The molecule has 7 nitrogen and oxygen atoms in total. The maximum absolute atomic E-state index is 11.2. The molecule has 1 aliphatic rings. The van der Waals surface area contributed by atoms with E-state index >= 15 is 0 Å². The van der Waals surface area contributed by atoms with Gasteiger partial charge in [0.25, 0.3) is 10.1 Å². The molecule has 2 aromatic rings. The minimum absolute atomic E-state index is 0.0528. The van der Waals surface area contributed by atoms with Crippen molar-refractivity contribution in [3.8, 4) is 0 Å². The highest BCUT2D eigenvalue weighted by atomic mass is 79.9. The van der Waals surface area contributed by atoms with E-state index < -0.39 is 22.0 Å². The normalized spacial score (nSPS) is 23.4. The van der Waals surface area contributed by atoms with Crippen LogP contribution in [0.4, 0.5) is 0 Å². The van der Waals surface area contributed by atoms with Crippen molar-refractivity contribution in [2.45, 2.75) is 31.3 Å². The zero-order valence-corrected chi connectivity index (χ0v) is 16.8. The summed E-state index contributed by atoms with van der Waals surface area (Å²) in [4.78, 5) is 4.05. The second kappa shape index (κ2) is 8.18. The van der Waals surface area contributed by atoms with Gasteiger partial charge in [0.15, 0.2) is 5.79 Å². The summed E-state index contributed by atoms with van der Waals surface area (Å²) in [5.41, 5.74) is 1.17. The fraction of sp³-hybridized carbons (Fsp3) is 0.471. The maximum atomic E-state index is 11.2. The Morgan fingerprint density at radius 1 is 1.38 bits per heavy atom. The first kappa shape index (κ1) is 19.5. The number of imidazole rings is 1. The van der Waals surface area contributed by atoms with Gasteiger partial charge in [-0.3, -0.25) is 4.18 Å². The van der Waals surface area contributed by atoms with E-state index in [9.17, 15) is 8.42 Å². The van der Waals surface area contributed by atoms with Gasteiger partial charge in [-0.1, -0.05) is 28.1 Å². The van der Waals surface area contributed by atoms with Crippen molar-refractivity contribution in [2.75, 3.05) is 19.5 Å². The van der Waals surface area contributed by atoms with Crippen LogP contribution >= 0.6 is 15.9 Å². The first-order chi connectivity index (χ1) is 12.3. The van der Waals surface area contributed by atoms with E-state index in [-0.39, 0.29) is 13.2 Å². The van der Waals surface area contributed by atoms with Crippen molar-refractivity contribution in [1.29, 1.82) is 0 Å². The first-order valence-electron chi connectivity index (χ1n) is 8.20. The van der Waals surface area contributed by atoms with Crippen LogP contribution in [0.3, 0.4) is 0 Å². The summed E-state index contributed by atoms with van der Waals surface area (Å²) in [7, 11) is -3.51. The molecule has 1 aromatic carbocycles. The Hall–Kier alpha value is -1.26. The number of ether oxygens (including phenoxy) is 2. The fourth-order valence-corrected chi connectivity index (χ4v) is 3.50. The minimum Gasteiger partial charge on any atom is -0.345 e. The average molecular weight is 445 g/mol. The van der Waals surface area contributed by atoms with Gasteiger partial charge >= 0.3 is 0 Å². The molecular formula is C17H21BrN2O5S. The molecule has 0 radical (unpaired) electrons. The molecule has 1 fully saturated rings. The Morgan fingerprint density at radius 3 is 2.81 bits per heavy atom. The lowest BCUT2D eigenvalue weighted by atomic mass is 10.0. The second-order valence-electron chi connectivity index (χ2n) is 6.31. The van der Waals surface area contributed by atoms with Gasteiger partial charge < -0.3 is 14.0 Å². The van der Waals surface area contributed by atoms with E-state index in [1.54, 1.807) is 12.5 Å². The smallest absolute Gasteiger partial charge is 0.264 e. The molecule has 2 heterocycles. The van der Waals surface area contributed by atoms with Gasteiger partial charge in [-0.15, -0.1) is 0 Å². The van der Waals surface area contributed by atoms with E-state index in [4.69, 9.17) is 13.7 Å². The van der Waals surface area contributed by atoms with Gasteiger partial charge in [0.05, 0.1) is 32.3 Å². The number of nitrogens with zero attached hydrogens (tertiary/aromatic N) is 2. The summed E-state index contributed by atoms with van der Waals surface area (Å²) in [5.74, 6) is -0.848. The monoisotopic (exact) mass is 444 g/mol. The van der Waals surface area contributed by atoms with Gasteiger partial charge in [-0.05, 0) is 24.1 Å². The van der Waals surface area contributed by atoms with Crippen LogP contribution < -0.4 is 0 Å². The molecule has 9 heteroatoms. The van der Waals surface area contributed by atoms with Crippen molar-refractivity contribution in [1.82, 2.24) is 9.55 Å². The van der Waals surface area contributed by atoms with E-state index in [2.05, 4.69) is 20.9 Å². The molecule has 0 spiro atoms. The molecule has 1 saturated heterocycles. The van der Waals surface area contributed by atoms with E-state index in [0.29, 0.717) is 13.0 Å². The van der Waals surface area contributed by atoms with Gasteiger partial charge in [0.2, 0.25) is 0 Å². The topological polar surface area (TPSA) is 79.7 Å².